The van der Waals surface area contributed by atoms with Crippen molar-refractivity contribution in [2.24, 2.45) is 11.8 Å². The molecule has 11 rings (SSSR count). The van der Waals surface area contributed by atoms with Crippen molar-refractivity contribution in [3.63, 3.8) is 0 Å². The maximum absolute atomic E-state index is 13.0. The summed E-state index contributed by atoms with van der Waals surface area (Å²) in [5.41, 5.74) is 5.48. The minimum absolute atomic E-state index is 0.0935. The van der Waals surface area contributed by atoms with Crippen LogP contribution in [0.25, 0.3) is 0 Å². The normalized spacial score (nSPS) is 31.7. The van der Waals surface area contributed by atoms with Crippen LogP contribution in [-0.4, -0.2) is 132 Å². The van der Waals surface area contributed by atoms with Crippen molar-refractivity contribution in [2.45, 2.75) is 210 Å². The molecule has 0 aromatic heterocycles. The molecule has 18 atom stereocenters. The van der Waals surface area contributed by atoms with Crippen molar-refractivity contribution in [3.8, 4) is 0 Å². The number of benzene rings is 6. The molecule has 1 N–H and O–H groups in total. The number of ether oxygens (including phenoxy) is 14. The average molecular weight is 1280 g/mol. The van der Waals surface area contributed by atoms with Crippen LogP contribution in [0.5, 0.6) is 0 Å². The minimum atomic E-state index is -2.61. The van der Waals surface area contributed by atoms with Crippen molar-refractivity contribution in [2.75, 3.05) is 26.4 Å². The number of rotatable bonds is 29. The summed E-state index contributed by atoms with van der Waals surface area (Å²) in [7, 11) is -2.61. The number of fused-ring (bicyclic) bond motifs is 1. The maximum atomic E-state index is 13.0. The van der Waals surface area contributed by atoms with E-state index in [1.807, 2.05) is 189 Å². The average Bonchev–Trinajstić information content (AvgIpc) is 1.49. The highest BCUT2D eigenvalue weighted by molar-refractivity contribution is 6.77. The van der Waals surface area contributed by atoms with Gasteiger partial charge in [-0.25, -0.2) is 0 Å². The lowest BCUT2D eigenvalue weighted by Crippen LogP contribution is -2.65. The molecule has 0 saturated carbocycles. The molecule has 496 valence electrons. The van der Waals surface area contributed by atoms with E-state index in [-0.39, 0.29) is 68.8 Å². The predicted molar refractivity (Wildman–Crippen MR) is 349 cm³/mol. The van der Waals surface area contributed by atoms with E-state index < -0.39 is 112 Å². The molecular weight excluding hydrogens is 1180 g/mol. The quantitative estimate of drug-likeness (QED) is 0.0442. The largest absolute Gasteiger partial charge is 0.391 e. The summed E-state index contributed by atoms with van der Waals surface area (Å²) in [6.45, 7) is 21.7. The summed E-state index contributed by atoms with van der Waals surface area (Å²) >= 11 is 0. The highest BCUT2D eigenvalue weighted by atomic mass is 28.4. The SMILES string of the molecule is CC1O[C@@H](O[Si](C(C)C)(C(C)C)C(C)C)[C@@H](C)C(O[C@@H]2OC(COCc3ccccc3)[C@@H](OCc3ccccc3)C(OCc3ccccc3)[C@H]2O)[C@H]1O[C@@H]1OC[C@@H](C)[C@@H](O[C@@H]2OC[C@]3(COCc4ccccc4)O[C@@H](c4ccccc4)OC23)C1OCc1ccccc1. The van der Waals surface area contributed by atoms with Gasteiger partial charge in [0.1, 0.15) is 48.3 Å². The molecule has 5 saturated heterocycles. The Morgan fingerprint density at radius 2 is 0.935 bits per heavy atom. The Kier molecular flexibility index (Phi) is 23.8. The van der Waals surface area contributed by atoms with Gasteiger partial charge in [0.25, 0.3) is 0 Å². The fraction of sp³-hybridized carbons (Fsp3) is 0.520. The van der Waals surface area contributed by atoms with Gasteiger partial charge in [0.15, 0.2) is 31.5 Å². The van der Waals surface area contributed by atoms with Gasteiger partial charge in [0, 0.05) is 17.4 Å². The lowest BCUT2D eigenvalue weighted by atomic mass is 9.91. The molecule has 6 unspecified atom stereocenters. The van der Waals surface area contributed by atoms with Crippen LogP contribution in [0.2, 0.25) is 16.6 Å². The van der Waals surface area contributed by atoms with Crippen LogP contribution in [-0.2, 0) is 104 Å². The highest BCUT2D eigenvalue weighted by Gasteiger charge is 2.62. The first kappa shape index (κ1) is 68.3. The Bertz CT molecular complexity index is 3080. The Morgan fingerprint density at radius 1 is 0.467 bits per heavy atom. The van der Waals surface area contributed by atoms with Crippen molar-refractivity contribution >= 4 is 8.32 Å². The third-order valence-corrected chi connectivity index (χ3v) is 25.0. The highest BCUT2D eigenvalue weighted by Crippen LogP contribution is 2.49. The lowest BCUT2D eigenvalue weighted by molar-refractivity contribution is -0.375. The zero-order valence-electron chi connectivity index (χ0n) is 54.8. The summed E-state index contributed by atoms with van der Waals surface area (Å²) < 4.78 is 105. The number of hydrogen-bond acceptors (Lipinski definition) is 16. The van der Waals surface area contributed by atoms with Gasteiger partial charge in [-0.1, -0.05) is 237 Å². The van der Waals surface area contributed by atoms with Gasteiger partial charge in [-0.15, -0.1) is 0 Å². The van der Waals surface area contributed by atoms with Crippen molar-refractivity contribution < 1.29 is 75.8 Å². The Labute approximate surface area is 545 Å². The summed E-state index contributed by atoms with van der Waals surface area (Å²) in [6, 6.07) is 59.8. The number of aliphatic hydroxyl groups is 1. The molecule has 16 nitrogen and oxygen atoms in total. The number of aliphatic hydroxyl groups excluding tert-OH is 1. The molecule has 6 aromatic carbocycles. The molecule has 0 aliphatic carbocycles. The van der Waals surface area contributed by atoms with Gasteiger partial charge < -0.3 is 75.8 Å². The molecule has 6 aromatic rings. The summed E-state index contributed by atoms with van der Waals surface area (Å²) in [6.07, 6.45) is -13.1. The van der Waals surface area contributed by atoms with E-state index in [2.05, 4.69) is 55.4 Å². The fourth-order valence-electron chi connectivity index (χ4n) is 14.1. The van der Waals surface area contributed by atoms with Crippen LogP contribution >= 0.6 is 0 Å². The first-order chi connectivity index (χ1) is 44.7. The molecule has 92 heavy (non-hydrogen) atoms. The van der Waals surface area contributed by atoms with Gasteiger partial charge >= 0.3 is 0 Å². The Hall–Kier alpha value is -5.10. The minimum Gasteiger partial charge on any atom is -0.391 e. The standard InChI is InChI=1S/C75H96O16Si/c1-49(2)92(50(3)4,51(5)6)91-70-53(8)64(87-72-62(76)67(80-44-58-34-22-13-23-35-58)66(79-43-57-32-20-12-21-33-57)61(85-72)46-77-41-55-28-16-10-17-29-55)65(54(9)84-70)88-73-68(81-45-59-36-24-14-25-37-59)63(52(7)40-82-73)86-74-69-75(48-83-74,47-78-42-56-30-18-11-19-31-56)90-71(89-69)60-38-26-15-27-39-60/h10-39,49-54,61-74,76H,40-48H2,1-9H3/t52-,53+,54?,61?,62-,63-,64?,65+,66-,67?,68?,69?,70+,71+,72+,73+,74+,75+/m1/s1. The second-order valence-corrected chi connectivity index (χ2v) is 31.8. The van der Waals surface area contributed by atoms with Gasteiger partial charge in [-0.2, -0.15) is 0 Å². The van der Waals surface area contributed by atoms with Crippen LogP contribution in [0, 0.1) is 11.8 Å². The van der Waals surface area contributed by atoms with E-state index in [0.717, 1.165) is 33.4 Å². The van der Waals surface area contributed by atoms with Crippen molar-refractivity contribution in [3.05, 3.63) is 215 Å². The first-order valence-corrected chi connectivity index (χ1v) is 35.3. The summed E-state index contributed by atoms with van der Waals surface area (Å²) in [5.74, 6) is -0.726. The zero-order chi connectivity index (χ0) is 64.2. The lowest BCUT2D eigenvalue weighted by Gasteiger charge is -2.52. The van der Waals surface area contributed by atoms with Crippen LogP contribution in [0.3, 0.4) is 0 Å². The molecule has 17 heteroatoms. The molecule has 5 heterocycles. The van der Waals surface area contributed by atoms with Crippen LogP contribution in [0.4, 0.5) is 0 Å². The Morgan fingerprint density at radius 3 is 1.47 bits per heavy atom. The smallest absolute Gasteiger partial charge is 0.203 e. The maximum Gasteiger partial charge on any atom is 0.203 e. The molecule has 0 spiro atoms. The van der Waals surface area contributed by atoms with Crippen molar-refractivity contribution in [1.82, 2.24) is 0 Å². The van der Waals surface area contributed by atoms with Gasteiger partial charge in [0.2, 0.25) is 8.32 Å². The summed E-state index contributed by atoms with van der Waals surface area (Å²) in [4.78, 5) is 0. The fourth-order valence-corrected chi connectivity index (χ4v) is 19.6. The van der Waals surface area contributed by atoms with Crippen molar-refractivity contribution in [1.29, 1.82) is 0 Å². The molecule has 0 radical (unpaired) electrons. The van der Waals surface area contributed by atoms with Gasteiger partial charge in [0.05, 0.1) is 77.8 Å². The third-order valence-electron chi connectivity index (χ3n) is 18.9. The molecule has 5 aliphatic heterocycles. The van der Waals surface area contributed by atoms with E-state index in [9.17, 15) is 5.11 Å². The zero-order valence-corrected chi connectivity index (χ0v) is 55.8. The molecule has 0 bridgehead atoms. The molecule has 0 amide bonds. The monoisotopic (exact) mass is 1280 g/mol. The van der Waals surface area contributed by atoms with E-state index >= 15 is 0 Å². The van der Waals surface area contributed by atoms with E-state index in [1.54, 1.807) is 0 Å². The number of hydrogen-bond donors (Lipinski definition) is 1. The second-order valence-electron chi connectivity index (χ2n) is 26.4. The van der Waals surface area contributed by atoms with Crippen LogP contribution < -0.4 is 0 Å². The van der Waals surface area contributed by atoms with Crippen LogP contribution in [0.15, 0.2) is 182 Å². The van der Waals surface area contributed by atoms with Gasteiger partial charge in [-0.05, 0) is 51.4 Å². The Balaban J connectivity index is 0.920. The third kappa shape index (κ3) is 16.2. The molecule has 5 aliphatic rings. The van der Waals surface area contributed by atoms with Crippen LogP contribution in [0.1, 0.15) is 102 Å². The van der Waals surface area contributed by atoms with E-state index in [1.165, 1.54) is 0 Å². The predicted octanol–water partition coefficient (Wildman–Crippen LogP) is 13.2. The van der Waals surface area contributed by atoms with E-state index in [0.29, 0.717) is 13.2 Å². The molecule has 5 fully saturated rings. The van der Waals surface area contributed by atoms with Gasteiger partial charge in [-0.3, -0.25) is 0 Å². The topological polar surface area (TPSA) is 159 Å². The van der Waals surface area contributed by atoms with E-state index in [4.69, 9.17) is 70.7 Å². The summed E-state index contributed by atoms with van der Waals surface area (Å²) in [5, 5.41) is 13.0. The first-order valence-electron chi connectivity index (χ1n) is 33.1. The second kappa shape index (κ2) is 32.1. The molecular formula is C75H96O16Si.